The number of carbonyl (C=O) groups excluding carboxylic acids is 1. The molecule has 0 atom stereocenters. The van der Waals surface area contributed by atoms with E-state index in [1.807, 2.05) is 0 Å². The van der Waals surface area contributed by atoms with E-state index in [2.05, 4.69) is 10.6 Å². The van der Waals surface area contributed by atoms with Crippen LogP contribution >= 0.6 is 0 Å². The Labute approximate surface area is 106 Å². The van der Waals surface area contributed by atoms with Crippen LogP contribution in [0.25, 0.3) is 0 Å². The minimum Gasteiger partial charge on any atom is -0.508 e. The summed E-state index contributed by atoms with van der Waals surface area (Å²) >= 11 is 0. The Hall–Kier alpha value is -1.91. The highest BCUT2D eigenvalue weighted by Gasteiger charge is 2.15. The molecule has 2 amide bonds. The maximum Gasteiger partial charge on any atom is 0.319 e. The van der Waals surface area contributed by atoms with Gasteiger partial charge in [0, 0.05) is 12.1 Å². The molecule has 1 saturated carbocycles. The minimum absolute atomic E-state index is 0.0886. The number of amides is 2. The fraction of sp³-hybridized carbons (Fsp3) is 0.462. The van der Waals surface area contributed by atoms with Crippen molar-refractivity contribution in [1.29, 1.82) is 0 Å². The maximum absolute atomic E-state index is 11.8. The first kappa shape index (κ1) is 12.5. The van der Waals surface area contributed by atoms with Gasteiger partial charge in [0.15, 0.2) is 0 Å². The first-order chi connectivity index (χ1) is 8.65. The van der Waals surface area contributed by atoms with Crippen molar-refractivity contribution in [2.75, 3.05) is 11.1 Å². The second-order valence-corrected chi connectivity index (χ2v) is 4.70. The van der Waals surface area contributed by atoms with Crippen LogP contribution in [0.5, 0.6) is 5.75 Å². The molecule has 18 heavy (non-hydrogen) atoms. The molecule has 98 valence electrons. The number of aromatic hydroxyl groups is 1. The molecule has 1 aliphatic carbocycles. The summed E-state index contributed by atoms with van der Waals surface area (Å²) in [7, 11) is 0. The van der Waals surface area contributed by atoms with Gasteiger partial charge in [-0.3, -0.25) is 0 Å². The molecule has 5 N–H and O–H groups in total. The zero-order chi connectivity index (χ0) is 13.0. The van der Waals surface area contributed by atoms with Crippen LogP contribution in [0.1, 0.15) is 32.1 Å². The Kier molecular flexibility index (Phi) is 3.92. The van der Waals surface area contributed by atoms with Gasteiger partial charge in [-0.2, -0.15) is 0 Å². The van der Waals surface area contributed by atoms with Gasteiger partial charge >= 0.3 is 6.03 Å². The minimum atomic E-state index is -0.237. The van der Waals surface area contributed by atoms with E-state index in [1.165, 1.54) is 31.4 Å². The van der Waals surface area contributed by atoms with E-state index in [0.717, 1.165) is 12.8 Å². The number of rotatable bonds is 2. The van der Waals surface area contributed by atoms with Crippen molar-refractivity contribution >= 4 is 17.4 Å². The van der Waals surface area contributed by atoms with Gasteiger partial charge in [0.2, 0.25) is 0 Å². The summed E-state index contributed by atoms with van der Waals surface area (Å²) in [6.45, 7) is 0. The number of anilines is 2. The SMILES string of the molecule is Nc1cc(O)ccc1NC(=O)NC1CCCCC1. The van der Waals surface area contributed by atoms with Gasteiger partial charge in [0.1, 0.15) is 5.75 Å². The Morgan fingerprint density at radius 3 is 2.67 bits per heavy atom. The smallest absolute Gasteiger partial charge is 0.319 e. The molecular weight excluding hydrogens is 230 g/mol. The van der Waals surface area contributed by atoms with E-state index in [0.29, 0.717) is 11.4 Å². The summed E-state index contributed by atoms with van der Waals surface area (Å²) in [6.07, 6.45) is 5.68. The van der Waals surface area contributed by atoms with Gasteiger partial charge in [-0.15, -0.1) is 0 Å². The summed E-state index contributed by atoms with van der Waals surface area (Å²) in [5.74, 6) is 0.0886. The topological polar surface area (TPSA) is 87.4 Å². The van der Waals surface area contributed by atoms with E-state index in [-0.39, 0.29) is 17.8 Å². The van der Waals surface area contributed by atoms with E-state index in [1.54, 1.807) is 6.07 Å². The molecule has 1 aromatic carbocycles. The molecule has 5 nitrogen and oxygen atoms in total. The highest BCUT2D eigenvalue weighted by molar-refractivity contribution is 5.92. The standard InChI is InChI=1S/C13H19N3O2/c14-11-8-10(17)6-7-12(11)16-13(18)15-9-4-2-1-3-5-9/h6-9,17H,1-5,14H2,(H2,15,16,18). The van der Waals surface area contributed by atoms with Gasteiger partial charge in [-0.25, -0.2) is 4.79 Å². The second kappa shape index (κ2) is 5.62. The zero-order valence-electron chi connectivity index (χ0n) is 10.3. The average Bonchev–Trinajstić information content (AvgIpc) is 2.34. The number of hydrogen-bond acceptors (Lipinski definition) is 3. The van der Waals surface area contributed by atoms with Crippen LogP contribution in [0.4, 0.5) is 16.2 Å². The number of urea groups is 1. The third-order valence-electron chi connectivity index (χ3n) is 3.22. The first-order valence-electron chi connectivity index (χ1n) is 6.31. The molecule has 1 aromatic rings. The lowest BCUT2D eigenvalue weighted by molar-refractivity contribution is 0.244. The third-order valence-corrected chi connectivity index (χ3v) is 3.22. The van der Waals surface area contributed by atoms with Crippen molar-refractivity contribution in [3.8, 4) is 5.75 Å². The van der Waals surface area contributed by atoms with Crippen LogP contribution < -0.4 is 16.4 Å². The van der Waals surface area contributed by atoms with Gasteiger partial charge in [0.05, 0.1) is 11.4 Å². The van der Waals surface area contributed by atoms with Crippen molar-refractivity contribution in [2.45, 2.75) is 38.1 Å². The largest absolute Gasteiger partial charge is 0.508 e. The van der Waals surface area contributed by atoms with Crippen LogP contribution in [0, 0.1) is 0 Å². The number of carbonyl (C=O) groups is 1. The van der Waals surface area contributed by atoms with Crippen molar-refractivity contribution in [3.63, 3.8) is 0 Å². The molecule has 0 unspecified atom stereocenters. The van der Waals surface area contributed by atoms with Crippen molar-refractivity contribution < 1.29 is 9.90 Å². The molecule has 0 spiro atoms. The van der Waals surface area contributed by atoms with E-state index < -0.39 is 0 Å². The van der Waals surface area contributed by atoms with Crippen LogP contribution in [-0.2, 0) is 0 Å². The highest BCUT2D eigenvalue weighted by atomic mass is 16.3. The summed E-state index contributed by atoms with van der Waals surface area (Å²) in [5.41, 5.74) is 6.57. The van der Waals surface area contributed by atoms with Gasteiger partial charge in [-0.1, -0.05) is 19.3 Å². The molecule has 0 heterocycles. The van der Waals surface area contributed by atoms with E-state index >= 15 is 0 Å². The van der Waals surface area contributed by atoms with E-state index in [9.17, 15) is 9.90 Å². The number of benzene rings is 1. The lowest BCUT2D eigenvalue weighted by Gasteiger charge is -2.23. The molecule has 2 rings (SSSR count). The number of nitrogens with one attached hydrogen (secondary N) is 2. The summed E-state index contributed by atoms with van der Waals surface area (Å²) in [5, 5.41) is 14.9. The zero-order valence-corrected chi connectivity index (χ0v) is 10.3. The number of nitrogen functional groups attached to an aromatic ring is 1. The number of hydrogen-bond donors (Lipinski definition) is 4. The van der Waals surface area contributed by atoms with Gasteiger partial charge in [0.25, 0.3) is 0 Å². The van der Waals surface area contributed by atoms with Gasteiger partial charge in [-0.05, 0) is 25.0 Å². The molecule has 0 aliphatic heterocycles. The molecule has 0 saturated heterocycles. The Bertz CT molecular complexity index is 428. The molecule has 1 fully saturated rings. The fourth-order valence-corrected chi connectivity index (χ4v) is 2.25. The first-order valence-corrected chi connectivity index (χ1v) is 6.31. The van der Waals surface area contributed by atoms with Gasteiger partial charge < -0.3 is 21.5 Å². The van der Waals surface area contributed by atoms with Crippen LogP contribution in [0.3, 0.4) is 0 Å². The van der Waals surface area contributed by atoms with E-state index in [4.69, 9.17) is 5.73 Å². The lowest BCUT2D eigenvalue weighted by Crippen LogP contribution is -2.39. The average molecular weight is 249 g/mol. The number of phenols is 1. The second-order valence-electron chi connectivity index (χ2n) is 4.70. The molecule has 1 aliphatic rings. The molecule has 5 heteroatoms. The molecule has 0 bridgehead atoms. The normalized spacial score (nSPS) is 16.2. The summed E-state index contributed by atoms with van der Waals surface area (Å²) in [4.78, 5) is 11.8. The van der Waals surface area contributed by atoms with Crippen LogP contribution in [0.15, 0.2) is 18.2 Å². The van der Waals surface area contributed by atoms with Crippen molar-refractivity contribution in [2.24, 2.45) is 0 Å². The number of phenolic OH excluding ortho intramolecular Hbond substituents is 1. The highest BCUT2D eigenvalue weighted by Crippen LogP contribution is 2.23. The lowest BCUT2D eigenvalue weighted by atomic mass is 9.96. The summed E-state index contributed by atoms with van der Waals surface area (Å²) < 4.78 is 0. The molecule has 0 radical (unpaired) electrons. The quantitative estimate of drug-likeness (QED) is 0.479. The maximum atomic E-state index is 11.8. The van der Waals surface area contributed by atoms with Crippen molar-refractivity contribution in [3.05, 3.63) is 18.2 Å². The Morgan fingerprint density at radius 1 is 1.28 bits per heavy atom. The summed E-state index contributed by atoms with van der Waals surface area (Å²) in [6, 6.07) is 4.52. The predicted octanol–water partition coefficient (Wildman–Crippen LogP) is 2.43. The third kappa shape index (κ3) is 3.29. The van der Waals surface area contributed by atoms with Crippen LogP contribution in [0.2, 0.25) is 0 Å². The number of nitrogens with two attached hydrogens (primary N) is 1. The Morgan fingerprint density at radius 2 is 2.00 bits per heavy atom. The van der Waals surface area contributed by atoms with Crippen LogP contribution in [-0.4, -0.2) is 17.2 Å². The fourth-order valence-electron chi connectivity index (χ4n) is 2.25. The monoisotopic (exact) mass is 249 g/mol. The molecular formula is C13H19N3O2. The van der Waals surface area contributed by atoms with Crippen molar-refractivity contribution in [1.82, 2.24) is 5.32 Å². The molecule has 0 aromatic heterocycles. The Balaban J connectivity index is 1.90. The predicted molar refractivity (Wildman–Crippen MR) is 71.5 cm³/mol.